The summed E-state index contributed by atoms with van der Waals surface area (Å²) < 4.78 is 0. The number of allylic oxidation sites excluding steroid dienone is 2. The molecule has 3 unspecified atom stereocenters. The Balaban J connectivity index is 2.37. The maximum Gasteiger partial charge on any atom is 0.0756 e. The van der Waals surface area contributed by atoms with Crippen LogP contribution >= 0.6 is 0 Å². The van der Waals surface area contributed by atoms with Gasteiger partial charge in [0.2, 0.25) is 0 Å². The van der Waals surface area contributed by atoms with Gasteiger partial charge in [-0.05, 0) is 30.3 Å². The number of hydrogen-bond acceptors (Lipinski definition) is 1. The molecule has 0 radical (unpaired) electrons. The average molecular weight is 178 g/mol. The summed E-state index contributed by atoms with van der Waals surface area (Å²) in [7, 11) is 0. The van der Waals surface area contributed by atoms with E-state index in [0.717, 1.165) is 12.0 Å². The van der Waals surface area contributed by atoms with Gasteiger partial charge in [0.15, 0.2) is 0 Å². The maximum atomic E-state index is 9.69. The van der Waals surface area contributed by atoms with Gasteiger partial charge < -0.3 is 5.11 Å². The van der Waals surface area contributed by atoms with Gasteiger partial charge in [-0.3, -0.25) is 0 Å². The van der Waals surface area contributed by atoms with E-state index in [1.54, 1.807) is 0 Å². The highest BCUT2D eigenvalue weighted by Crippen LogP contribution is 2.55. The van der Waals surface area contributed by atoms with Crippen LogP contribution in [0, 0.1) is 17.3 Å². The summed E-state index contributed by atoms with van der Waals surface area (Å²) in [4.78, 5) is 0. The quantitative estimate of drug-likeness (QED) is 0.565. The van der Waals surface area contributed by atoms with Crippen molar-refractivity contribution in [2.75, 3.05) is 0 Å². The molecule has 0 aliphatic heterocycles. The predicted octanol–water partition coefficient (Wildman–Crippen LogP) is 2.53. The minimum Gasteiger partial charge on any atom is -0.389 e. The zero-order chi connectivity index (χ0) is 9.80. The van der Waals surface area contributed by atoms with E-state index >= 15 is 0 Å². The fourth-order valence-corrected chi connectivity index (χ4v) is 2.76. The van der Waals surface area contributed by atoms with Crippen LogP contribution in [0.15, 0.2) is 23.8 Å². The first-order valence-corrected chi connectivity index (χ1v) is 5.00. The lowest BCUT2D eigenvalue weighted by Gasteiger charge is -2.28. The number of fused-ring (bicyclic) bond motifs is 1. The fraction of sp³-hybridized carbons (Fsp3) is 0.667. The molecule has 0 bridgehead atoms. The Hall–Kier alpha value is -0.560. The van der Waals surface area contributed by atoms with Gasteiger partial charge in [-0.15, -0.1) is 0 Å². The Bertz CT molecular complexity index is 285. The van der Waals surface area contributed by atoms with Crippen LogP contribution in [-0.2, 0) is 0 Å². The van der Waals surface area contributed by atoms with E-state index in [9.17, 15) is 5.11 Å². The van der Waals surface area contributed by atoms with Crippen molar-refractivity contribution in [3.05, 3.63) is 23.8 Å². The van der Waals surface area contributed by atoms with Gasteiger partial charge in [0.05, 0.1) is 6.10 Å². The Morgan fingerprint density at radius 1 is 1.54 bits per heavy atom. The van der Waals surface area contributed by atoms with Crippen molar-refractivity contribution < 1.29 is 5.11 Å². The number of aliphatic hydroxyl groups is 1. The monoisotopic (exact) mass is 178 g/mol. The molecule has 0 saturated heterocycles. The Morgan fingerprint density at radius 2 is 2.15 bits per heavy atom. The Kier molecular flexibility index (Phi) is 1.72. The van der Waals surface area contributed by atoms with Crippen LogP contribution < -0.4 is 0 Å². The molecule has 0 aromatic carbocycles. The van der Waals surface area contributed by atoms with Crippen LogP contribution in [0.4, 0.5) is 0 Å². The van der Waals surface area contributed by atoms with E-state index in [0.29, 0.717) is 11.8 Å². The summed E-state index contributed by atoms with van der Waals surface area (Å²) in [6, 6.07) is 0. The van der Waals surface area contributed by atoms with Gasteiger partial charge in [-0.2, -0.15) is 0 Å². The summed E-state index contributed by atoms with van der Waals surface area (Å²) in [5, 5.41) is 9.69. The van der Waals surface area contributed by atoms with Crippen LogP contribution in [0.2, 0.25) is 0 Å². The normalized spacial score (nSPS) is 42.0. The molecule has 0 aromatic heterocycles. The first kappa shape index (κ1) is 9.01. The van der Waals surface area contributed by atoms with E-state index in [4.69, 9.17) is 0 Å². The van der Waals surface area contributed by atoms with Crippen LogP contribution in [0.5, 0.6) is 0 Å². The van der Waals surface area contributed by atoms with Gasteiger partial charge >= 0.3 is 0 Å². The van der Waals surface area contributed by atoms with Crippen molar-refractivity contribution in [2.24, 2.45) is 17.3 Å². The molecule has 2 aliphatic rings. The zero-order valence-electron chi connectivity index (χ0n) is 8.67. The first-order valence-electron chi connectivity index (χ1n) is 5.00. The lowest BCUT2D eigenvalue weighted by atomic mass is 9.76. The lowest BCUT2D eigenvalue weighted by Crippen LogP contribution is -2.22. The molecule has 0 heterocycles. The molecule has 1 saturated carbocycles. The van der Waals surface area contributed by atoms with Gasteiger partial charge in [-0.25, -0.2) is 0 Å². The second-order valence-corrected chi connectivity index (χ2v) is 5.03. The van der Waals surface area contributed by atoms with E-state index in [1.807, 2.05) is 0 Å². The highest BCUT2D eigenvalue weighted by molar-refractivity contribution is 5.33. The van der Waals surface area contributed by atoms with Gasteiger partial charge in [-0.1, -0.05) is 32.1 Å². The lowest BCUT2D eigenvalue weighted by molar-refractivity contribution is 0.180. The molecule has 1 heteroatoms. The molecule has 0 spiro atoms. The van der Waals surface area contributed by atoms with E-state index < -0.39 is 0 Å². The minimum atomic E-state index is -0.265. The second-order valence-electron chi connectivity index (χ2n) is 5.03. The molecule has 0 amide bonds. The third kappa shape index (κ3) is 1.03. The maximum absolute atomic E-state index is 9.69. The van der Waals surface area contributed by atoms with Crippen LogP contribution in [0.1, 0.15) is 27.2 Å². The number of aliphatic hydroxyl groups excluding tert-OH is 1. The second kappa shape index (κ2) is 2.48. The summed E-state index contributed by atoms with van der Waals surface area (Å²) in [5.74, 6) is 1.01. The fourth-order valence-electron chi connectivity index (χ4n) is 2.76. The van der Waals surface area contributed by atoms with E-state index in [-0.39, 0.29) is 11.5 Å². The standard InChI is InChI=1S/C12H18O/c1-7-5-9-8(2)11(13)6-10(9)12(7,3)4/h5,9-11,13H,2,6H2,1,3-4H3. The summed E-state index contributed by atoms with van der Waals surface area (Å²) >= 11 is 0. The van der Waals surface area contributed by atoms with Crippen molar-refractivity contribution >= 4 is 0 Å². The number of hydrogen-bond donors (Lipinski definition) is 1. The summed E-state index contributed by atoms with van der Waals surface area (Å²) in [6.07, 6.45) is 2.92. The number of rotatable bonds is 0. The van der Waals surface area contributed by atoms with E-state index in [2.05, 4.69) is 33.4 Å². The molecule has 3 atom stereocenters. The Labute approximate surface area is 80.2 Å². The summed E-state index contributed by atoms with van der Waals surface area (Å²) in [6.45, 7) is 10.7. The average Bonchev–Trinajstić information content (AvgIpc) is 2.42. The SMILES string of the molecule is C=C1C(O)CC2C1C=C(C)C2(C)C. The van der Waals surface area contributed by atoms with Crippen molar-refractivity contribution in [3.8, 4) is 0 Å². The highest BCUT2D eigenvalue weighted by Gasteiger charge is 2.48. The molecule has 72 valence electrons. The van der Waals surface area contributed by atoms with Gasteiger partial charge in [0, 0.05) is 5.92 Å². The largest absolute Gasteiger partial charge is 0.389 e. The molecule has 2 rings (SSSR count). The summed E-state index contributed by atoms with van der Waals surface area (Å²) in [5.41, 5.74) is 2.73. The van der Waals surface area contributed by atoms with Crippen molar-refractivity contribution in [2.45, 2.75) is 33.3 Å². The molecular weight excluding hydrogens is 160 g/mol. The van der Waals surface area contributed by atoms with Crippen molar-refractivity contribution in [3.63, 3.8) is 0 Å². The van der Waals surface area contributed by atoms with Gasteiger partial charge in [0.1, 0.15) is 0 Å². The molecule has 1 N–H and O–H groups in total. The van der Waals surface area contributed by atoms with E-state index in [1.165, 1.54) is 5.57 Å². The molecule has 13 heavy (non-hydrogen) atoms. The van der Waals surface area contributed by atoms with Crippen LogP contribution in [0.3, 0.4) is 0 Å². The van der Waals surface area contributed by atoms with Crippen molar-refractivity contribution in [1.82, 2.24) is 0 Å². The third-order valence-electron chi connectivity index (χ3n) is 4.14. The topological polar surface area (TPSA) is 20.2 Å². The molecular formula is C12H18O. The zero-order valence-corrected chi connectivity index (χ0v) is 8.67. The third-order valence-corrected chi connectivity index (χ3v) is 4.14. The van der Waals surface area contributed by atoms with Crippen LogP contribution in [0.25, 0.3) is 0 Å². The molecule has 1 fully saturated rings. The predicted molar refractivity (Wildman–Crippen MR) is 54.3 cm³/mol. The van der Waals surface area contributed by atoms with Crippen LogP contribution in [-0.4, -0.2) is 11.2 Å². The van der Waals surface area contributed by atoms with Gasteiger partial charge in [0.25, 0.3) is 0 Å². The first-order chi connectivity index (χ1) is 5.94. The molecule has 1 nitrogen and oxygen atoms in total. The van der Waals surface area contributed by atoms with Crippen molar-refractivity contribution in [1.29, 1.82) is 0 Å². The molecule has 0 aromatic rings. The molecule has 2 aliphatic carbocycles. The minimum absolute atomic E-state index is 0.255. The Morgan fingerprint density at radius 3 is 2.69 bits per heavy atom. The smallest absolute Gasteiger partial charge is 0.0756 e. The highest BCUT2D eigenvalue weighted by atomic mass is 16.3.